The van der Waals surface area contributed by atoms with Gasteiger partial charge in [-0.15, -0.1) is 0 Å². The van der Waals surface area contributed by atoms with Gasteiger partial charge >= 0.3 is 12.1 Å². The molecule has 2 atom stereocenters. The van der Waals surface area contributed by atoms with Gasteiger partial charge in [-0.2, -0.15) is 0 Å². The minimum absolute atomic E-state index is 0.00273. The first-order chi connectivity index (χ1) is 16.4. The number of alkyl carbamates (subject to hydrolysis) is 1. The Labute approximate surface area is 199 Å². The van der Waals surface area contributed by atoms with Gasteiger partial charge in [0.1, 0.15) is 12.6 Å². The number of hydrogen-bond acceptors (Lipinski definition) is 4. The van der Waals surface area contributed by atoms with Crippen LogP contribution in [0.25, 0.3) is 11.1 Å². The molecular weight excluding hydrogens is 432 g/mol. The monoisotopic (exact) mass is 464 g/mol. The lowest BCUT2D eigenvalue weighted by molar-refractivity contribution is -0.137. The van der Waals surface area contributed by atoms with E-state index < -0.39 is 18.1 Å². The summed E-state index contributed by atoms with van der Waals surface area (Å²) in [6.45, 7) is 2.10. The van der Waals surface area contributed by atoms with E-state index >= 15 is 0 Å². The van der Waals surface area contributed by atoms with Crippen LogP contribution < -0.4 is 10.6 Å². The Balaban J connectivity index is 1.38. The van der Waals surface area contributed by atoms with Crippen LogP contribution in [0.5, 0.6) is 0 Å². The van der Waals surface area contributed by atoms with Gasteiger partial charge in [0.05, 0.1) is 0 Å². The van der Waals surface area contributed by atoms with Gasteiger partial charge in [-0.25, -0.2) is 4.79 Å². The number of hydrogen-bond donors (Lipinski definition) is 3. The Morgan fingerprint density at radius 1 is 0.971 bits per heavy atom. The van der Waals surface area contributed by atoms with E-state index in [0.717, 1.165) is 47.9 Å². The largest absolute Gasteiger partial charge is 0.481 e. The summed E-state index contributed by atoms with van der Waals surface area (Å²) in [5.74, 6) is -1.06. The molecule has 1 fully saturated rings. The highest BCUT2D eigenvalue weighted by molar-refractivity contribution is 5.86. The molecule has 34 heavy (non-hydrogen) atoms. The molecule has 2 amide bonds. The first-order valence-corrected chi connectivity index (χ1v) is 12.1. The SMILES string of the molecule is C[C@@H](NC(=O)C(CCC(=O)O)NC(=O)OCC1c2ccccc2-c2ccccc21)C1CCCC1. The number of nitrogens with one attached hydrogen (secondary N) is 2. The predicted molar refractivity (Wildman–Crippen MR) is 128 cm³/mol. The summed E-state index contributed by atoms with van der Waals surface area (Å²) in [7, 11) is 0. The molecule has 180 valence electrons. The normalized spacial score (nSPS) is 16.9. The molecule has 4 rings (SSSR count). The highest BCUT2D eigenvalue weighted by atomic mass is 16.5. The molecule has 0 bridgehead atoms. The van der Waals surface area contributed by atoms with Crippen molar-refractivity contribution in [1.29, 1.82) is 0 Å². The highest BCUT2D eigenvalue weighted by Gasteiger charge is 2.31. The molecule has 7 nitrogen and oxygen atoms in total. The minimum atomic E-state index is -1.02. The van der Waals surface area contributed by atoms with Gasteiger partial charge in [0.2, 0.25) is 5.91 Å². The number of benzene rings is 2. The zero-order chi connectivity index (χ0) is 24.1. The number of carbonyl (C=O) groups excluding carboxylic acids is 2. The van der Waals surface area contributed by atoms with Gasteiger partial charge in [0.15, 0.2) is 0 Å². The number of aliphatic carboxylic acids is 1. The fourth-order valence-electron chi connectivity index (χ4n) is 5.22. The van der Waals surface area contributed by atoms with Crippen LogP contribution in [-0.2, 0) is 14.3 Å². The average Bonchev–Trinajstić information content (AvgIpc) is 3.47. The second-order valence-electron chi connectivity index (χ2n) is 9.30. The van der Waals surface area contributed by atoms with E-state index in [9.17, 15) is 14.4 Å². The molecule has 2 aromatic rings. The van der Waals surface area contributed by atoms with E-state index in [1.807, 2.05) is 43.3 Å². The lowest BCUT2D eigenvalue weighted by Crippen LogP contribution is -2.50. The maximum atomic E-state index is 12.9. The fraction of sp³-hybridized carbons (Fsp3) is 0.444. The fourth-order valence-corrected chi connectivity index (χ4v) is 5.22. The summed E-state index contributed by atoms with van der Waals surface area (Å²) >= 11 is 0. The van der Waals surface area contributed by atoms with Gasteiger partial charge in [-0.3, -0.25) is 9.59 Å². The second-order valence-corrected chi connectivity index (χ2v) is 9.30. The van der Waals surface area contributed by atoms with Crippen LogP contribution >= 0.6 is 0 Å². The quantitative estimate of drug-likeness (QED) is 0.508. The topological polar surface area (TPSA) is 105 Å². The van der Waals surface area contributed by atoms with E-state index in [1.165, 1.54) is 0 Å². The van der Waals surface area contributed by atoms with Gasteiger partial charge in [0, 0.05) is 18.4 Å². The number of carbonyl (C=O) groups is 3. The maximum Gasteiger partial charge on any atom is 0.407 e. The Hall–Kier alpha value is -3.35. The first-order valence-electron chi connectivity index (χ1n) is 12.1. The molecule has 7 heteroatoms. The molecule has 0 radical (unpaired) electrons. The molecule has 2 aromatic carbocycles. The Morgan fingerprint density at radius 2 is 1.56 bits per heavy atom. The van der Waals surface area contributed by atoms with Crippen molar-refractivity contribution in [3.63, 3.8) is 0 Å². The summed E-state index contributed by atoms with van der Waals surface area (Å²) in [6, 6.07) is 15.1. The molecule has 0 aliphatic heterocycles. The Kier molecular flexibility index (Phi) is 7.50. The minimum Gasteiger partial charge on any atom is -0.481 e. The zero-order valence-corrected chi connectivity index (χ0v) is 19.5. The van der Waals surface area contributed by atoms with E-state index in [2.05, 4.69) is 22.8 Å². The number of amides is 2. The Bertz CT molecular complexity index is 1000. The van der Waals surface area contributed by atoms with E-state index in [0.29, 0.717) is 5.92 Å². The number of carboxylic acid groups (broad SMARTS) is 1. The average molecular weight is 465 g/mol. The summed E-state index contributed by atoms with van der Waals surface area (Å²) < 4.78 is 5.55. The van der Waals surface area contributed by atoms with Crippen LogP contribution in [0.4, 0.5) is 4.79 Å². The van der Waals surface area contributed by atoms with E-state index in [-0.39, 0.29) is 37.3 Å². The third kappa shape index (κ3) is 5.41. The molecule has 3 N–H and O–H groups in total. The van der Waals surface area contributed by atoms with Crippen molar-refractivity contribution in [2.24, 2.45) is 5.92 Å². The first kappa shape index (κ1) is 23.8. The van der Waals surface area contributed by atoms with Crippen LogP contribution in [0.1, 0.15) is 62.5 Å². The predicted octanol–water partition coefficient (Wildman–Crippen LogP) is 4.45. The van der Waals surface area contributed by atoms with E-state index in [4.69, 9.17) is 9.84 Å². The van der Waals surface area contributed by atoms with Crippen molar-refractivity contribution in [2.45, 2.75) is 63.5 Å². The molecule has 1 saturated carbocycles. The van der Waals surface area contributed by atoms with Crippen molar-refractivity contribution in [2.75, 3.05) is 6.61 Å². The third-order valence-electron chi connectivity index (χ3n) is 7.08. The molecule has 1 unspecified atom stereocenters. The van der Waals surface area contributed by atoms with Gasteiger partial charge in [-0.1, -0.05) is 61.4 Å². The summed E-state index contributed by atoms with van der Waals surface area (Å²) in [5.41, 5.74) is 4.46. The van der Waals surface area contributed by atoms with E-state index in [1.54, 1.807) is 0 Å². The van der Waals surface area contributed by atoms with Gasteiger partial charge in [-0.05, 0) is 54.4 Å². The molecule has 0 heterocycles. The van der Waals surface area contributed by atoms with Crippen LogP contribution in [0.3, 0.4) is 0 Å². The lowest BCUT2D eigenvalue weighted by atomic mass is 9.98. The molecule has 0 aromatic heterocycles. The summed E-state index contributed by atoms with van der Waals surface area (Å²) in [4.78, 5) is 36.6. The van der Waals surface area contributed by atoms with Crippen molar-refractivity contribution in [3.8, 4) is 11.1 Å². The summed E-state index contributed by atoms with van der Waals surface area (Å²) in [6.07, 6.45) is 3.52. The number of rotatable bonds is 9. The van der Waals surface area contributed by atoms with Crippen molar-refractivity contribution >= 4 is 18.0 Å². The van der Waals surface area contributed by atoms with Crippen LogP contribution in [-0.4, -0.2) is 41.8 Å². The van der Waals surface area contributed by atoms with Crippen molar-refractivity contribution in [3.05, 3.63) is 59.7 Å². The van der Waals surface area contributed by atoms with Crippen molar-refractivity contribution < 1.29 is 24.2 Å². The molecule has 0 spiro atoms. The molecule has 2 aliphatic carbocycles. The van der Waals surface area contributed by atoms with Gasteiger partial charge in [0.25, 0.3) is 0 Å². The zero-order valence-electron chi connectivity index (χ0n) is 19.5. The second kappa shape index (κ2) is 10.7. The van der Waals surface area contributed by atoms with Crippen LogP contribution in [0.15, 0.2) is 48.5 Å². The highest BCUT2D eigenvalue weighted by Crippen LogP contribution is 2.44. The number of ether oxygens (including phenoxy) is 1. The van der Waals surface area contributed by atoms with Crippen LogP contribution in [0, 0.1) is 5.92 Å². The number of fused-ring (bicyclic) bond motifs is 3. The summed E-state index contributed by atoms with van der Waals surface area (Å²) in [5, 5.41) is 14.7. The van der Waals surface area contributed by atoms with Crippen LogP contribution in [0.2, 0.25) is 0 Å². The maximum absolute atomic E-state index is 12.9. The standard InChI is InChI=1S/C27H32N2O5/c1-17(18-8-2-3-9-18)28-26(32)24(14-15-25(30)31)29-27(33)34-16-23-21-12-6-4-10-19(21)20-11-5-7-13-22(20)23/h4-7,10-13,17-18,23-24H,2-3,8-9,14-16H2,1H3,(H,28,32)(H,29,33)(H,30,31)/t17-,24?/m1/s1. The third-order valence-corrected chi connectivity index (χ3v) is 7.08. The smallest absolute Gasteiger partial charge is 0.407 e. The molecule has 0 saturated heterocycles. The molecular formula is C27H32N2O5. The molecule has 2 aliphatic rings. The van der Waals surface area contributed by atoms with Crippen molar-refractivity contribution in [1.82, 2.24) is 10.6 Å². The lowest BCUT2D eigenvalue weighted by Gasteiger charge is -2.24. The Morgan fingerprint density at radius 3 is 2.15 bits per heavy atom. The number of carboxylic acids is 1. The van der Waals surface area contributed by atoms with Gasteiger partial charge < -0.3 is 20.5 Å².